The fourth-order valence-electron chi connectivity index (χ4n) is 1.92. The zero-order valence-electron chi connectivity index (χ0n) is 11.2. The minimum absolute atomic E-state index is 0.190. The highest BCUT2D eigenvalue weighted by Crippen LogP contribution is 2.20. The van der Waals surface area contributed by atoms with E-state index in [1.807, 2.05) is 4.90 Å². The highest BCUT2D eigenvalue weighted by atomic mass is 32.2. The second kappa shape index (κ2) is 9.42. The summed E-state index contributed by atoms with van der Waals surface area (Å²) in [6.45, 7) is 7.68. The molecule has 0 bridgehead atoms. The van der Waals surface area contributed by atoms with E-state index in [0.717, 1.165) is 25.9 Å². The number of hydrogen-bond acceptors (Lipinski definition) is 4. The lowest BCUT2D eigenvalue weighted by molar-refractivity contribution is -0.128. The van der Waals surface area contributed by atoms with E-state index < -0.39 is 0 Å². The van der Waals surface area contributed by atoms with Crippen molar-refractivity contribution in [1.82, 2.24) is 10.2 Å². The predicted octanol–water partition coefficient (Wildman–Crippen LogP) is 1.13. The van der Waals surface area contributed by atoms with E-state index in [1.54, 1.807) is 24.9 Å². The fourth-order valence-corrected chi connectivity index (χ4v) is 3.05. The molecule has 1 aliphatic rings. The Balaban J connectivity index is 2.28. The molecule has 1 fully saturated rings. The highest BCUT2D eigenvalue weighted by Gasteiger charge is 2.17. The first-order valence-electron chi connectivity index (χ1n) is 6.48. The van der Waals surface area contributed by atoms with Crippen LogP contribution < -0.4 is 5.32 Å². The minimum atomic E-state index is 0.190. The van der Waals surface area contributed by atoms with Crippen LogP contribution in [0.2, 0.25) is 0 Å². The van der Waals surface area contributed by atoms with Gasteiger partial charge in [-0.15, -0.1) is 18.3 Å². The highest BCUT2D eigenvalue weighted by molar-refractivity contribution is 8.00. The van der Waals surface area contributed by atoms with Crippen molar-refractivity contribution in [2.75, 3.05) is 45.6 Å². The smallest absolute Gasteiger partial charge is 0.232 e. The maximum absolute atomic E-state index is 12.1. The summed E-state index contributed by atoms with van der Waals surface area (Å²) < 4.78 is 5.02. The van der Waals surface area contributed by atoms with Crippen molar-refractivity contribution >= 4 is 17.7 Å². The molecule has 0 aliphatic carbocycles. The molecule has 1 heterocycles. The number of rotatable bonds is 8. The molecule has 1 amide bonds. The van der Waals surface area contributed by atoms with Crippen LogP contribution in [0.4, 0.5) is 0 Å². The van der Waals surface area contributed by atoms with Crippen LogP contribution in [-0.4, -0.2) is 61.7 Å². The van der Waals surface area contributed by atoms with E-state index in [1.165, 1.54) is 0 Å². The summed E-state index contributed by atoms with van der Waals surface area (Å²) in [7, 11) is 1.65. The van der Waals surface area contributed by atoms with Crippen LogP contribution >= 0.6 is 11.8 Å². The molecule has 18 heavy (non-hydrogen) atoms. The summed E-state index contributed by atoms with van der Waals surface area (Å²) >= 11 is 1.79. The van der Waals surface area contributed by atoms with Crippen LogP contribution in [0, 0.1) is 0 Å². The van der Waals surface area contributed by atoms with Crippen LogP contribution in [0.3, 0.4) is 0 Å². The standard InChI is InChI=1S/C13H24N2O2S/c1-3-8-15(9-10-17-2)13(16)11-18-12-4-6-14-7-5-12/h3,12,14H,1,4-11H2,2H3. The van der Waals surface area contributed by atoms with Crippen molar-refractivity contribution in [2.24, 2.45) is 0 Å². The molecule has 0 unspecified atom stereocenters. The van der Waals surface area contributed by atoms with Gasteiger partial charge in [0, 0.05) is 25.4 Å². The van der Waals surface area contributed by atoms with E-state index >= 15 is 0 Å². The molecule has 0 saturated carbocycles. The van der Waals surface area contributed by atoms with Crippen molar-refractivity contribution in [1.29, 1.82) is 0 Å². The first kappa shape index (κ1) is 15.5. The number of methoxy groups -OCH3 is 1. The Morgan fingerprint density at radius 1 is 1.56 bits per heavy atom. The molecule has 0 aromatic heterocycles. The fraction of sp³-hybridized carbons (Fsp3) is 0.769. The van der Waals surface area contributed by atoms with Gasteiger partial charge in [-0.2, -0.15) is 0 Å². The number of ether oxygens (including phenoxy) is 1. The van der Waals surface area contributed by atoms with Crippen LogP contribution in [0.25, 0.3) is 0 Å². The van der Waals surface area contributed by atoms with Gasteiger partial charge >= 0.3 is 0 Å². The minimum Gasteiger partial charge on any atom is -0.383 e. The Morgan fingerprint density at radius 2 is 2.28 bits per heavy atom. The number of carbonyl (C=O) groups is 1. The summed E-state index contributed by atoms with van der Waals surface area (Å²) in [5.74, 6) is 0.762. The zero-order chi connectivity index (χ0) is 13.2. The van der Waals surface area contributed by atoms with E-state index in [0.29, 0.717) is 30.7 Å². The van der Waals surface area contributed by atoms with Gasteiger partial charge in [-0.3, -0.25) is 4.79 Å². The maximum atomic E-state index is 12.1. The number of nitrogens with zero attached hydrogens (tertiary/aromatic N) is 1. The Morgan fingerprint density at radius 3 is 2.89 bits per heavy atom. The van der Waals surface area contributed by atoms with Gasteiger partial charge in [0.2, 0.25) is 5.91 Å². The lowest BCUT2D eigenvalue weighted by Gasteiger charge is -2.24. The van der Waals surface area contributed by atoms with E-state index in [9.17, 15) is 4.79 Å². The Kier molecular flexibility index (Phi) is 8.13. The third kappa shape index (κ3) is 5.89. The van der Waals surface area contributed by atoms with Crippen molar-refractivity contribution in [2.45, 2.75) is 18.1 Å². The lowest BCUT2D eigenvalue weighted by atomic mass is 10.2. The molecule has 0 aromatic carbocycles. The summed E-state index contributed by atoms with van der Waals surface area (Å²) in [5.41, 5.74) is 0. The Bertz CT molecular complexity index is 255. The second-order valence-electron chi connectivity index (χ2n) is 4.38. The molecule has 0 aromatic rings. The van der Waals surface area contributed by atoms with E-state index in [2.05, 4.69) is 11.9 Å². The molecule has 104 valence electrons. The number of nitrogens with one attached hydrogen (secondary N) is 1. The van der Waals surface area contributed by atoms with Crippen LogP contribution in [0.5, 0.6) is 0 Å². The molecule has 1 aliphatic heterocycles. The van der Waals surface area contributed by atoms with Crippen molar-refractivity contribution in [3.8, 4) is 0 Å². The van der Waals surface area contributed by atoms with E-state index in [4.69, 9.17) is 4.74 Å². The third-order valence-corrected chi connectivity index (χ3v) is 4.35. The van der Waals surface area contributed by atoms with Gasteiger partial charge in [-0.1, -0.05) is 6.08 Å². The molecule has 1 N–H and O–H groups in total. The zero-order valence-corrected chi connectivity index (χ0v) is 12.0. The molecule has 0 spiro atoms. The van der Waals surface area contributed by atoms with Gasteiger partial charge in [0.05, 0.1) is 12.4 Å². The Hall–Kier alpha value is -0.520. The van der Waals surface area contributed by atoms with Crippen molar-refractivity contribution in [3.63, 3.8) is 0 Å². The van der Waals surface area contributed by atoms with Gasteiger partial charge in [-0.25, -0.2) is 0 Å². The van der Waals surface area contributed by atoms with Gasteiger partial charge in [0.15, 0.2) is 0 Å². The third-order valence-electron chi connectivity index (χ3n) is 3.00. The number of thioether (sulfide) groups is 1. The molecule has 1 saturated heterocycles. The molecular formula is C13H24N2O2S. The average molecular weight is 272 g/mol. The van der Waals surface area contributed by atoms with Gasteiger partial charge < -0.3 is 15.0 Å². The van der Waals surface area contributed by atoms with Gasteiger partial charge in [0.25, 0.3) is 0 Å². The summed E-state index contributed by atoms with van der Waals surface area (Å²) in [5, 5.41) is 3.96. The van der Waals surface area contributed by atoms with Crippen LogP contribution in [-0.2, 0) is 9.53 Å². The quantitative estimate of drug-likeness (QED) is 0.673. The molecule has 4 nitrogen and oxygen atoms in total. The van der Waals surface area contributed by atoms with Crippen molar-refractivity contribution < 1.29 is 9.53 Å². The van der Waals surface area contributed by atoms with Crippen LogP contribution in [0.15, 0.2) is 12.7 Å². The van der Waals surface area contributed by atoms with Gasteiger partial charge in [-0.05, 0) is 25.9 Å². The molecule has 5 heteroatoms. The molecule has 1 rings (SSSR count). The van der Waals surface area contributed by atoms with Gasteiger partial charge in [0.1, 0.15) is 0 Å². The average Bonchev–Trinajstić information content (AvgIpc) is 2.42. The SMILES string of the molecule is C=CCN(CCOC)C(=O)CSC1CCNCC1. The lowest BCUT2D eigenvalue weighted by Crippen LogP contribution is -2.36. The number of piperidine rings is 1. The maximum Gasteiger partial charge on any atom is 0.232 e. The molecule has 0 radical (unpaired) electrons. The number of amides is 1. The largest absolute Gasteiger partial charge is 0.383 e. The summed E-state index contributed by atoms with van der Waals surface area (Å²) in [4.78, 5) is 13.9. The monoisotopic (exact) mass is 272 g/mol. The Labute approximate surface area is 114 Å². The van der Waals surface area contributed by atoms with Crippen molar-refractivity contribution in [3.05, 3.63) is 12.7 Å². The first-order valence-corrected chi connectivity index (χ1v) is 7.52. The van der Waals surface area contributed by atoms with E-state index in [-0.39, 0.29) is 5.91 Å². The van der Waals surface area contributed by atoms with Crippen LogP contribution in [0.1, 0.15) is 12.8 Å². The molecular weight excluding hydrogens is 248 g/mol. The topological polar surface area (TPSA) is 41.6 Å². The molecule has 0 atom stereocenters. The summed E-state index contributed by atoms with van der Waals surface area (Å²) in [6, 6.07) is 0. The number of hydrogen-bond donors (Lipinski definition) is 1. The predicted molar refractivity (Wildman–Crippen MR) is 77.0 cm³/mol. The number of carbonyl (C=O) groups excluding carboxylic acids is 1. The normalized spacial score (nSPS) is 16.5. The first-order chi connectivity index (χ1) is 8.77. The summed E-state index contributed by atoms with van der Waals surface area (Å²) in [6.07, 6.45) is 4.09. The second-order valence-corrected chi connectivity index (χ2v) is 5.67.